The Morgan fingerprint density at radius 3 is 2.62 bits per heavy atom. The van der Waals surface area contributed by atoms with Crippen molar-refractivity contribution >= 4 is 21.4 Å². The van der Waals surface area contributed by atoms with Gasteiger partial charge in [0.05, 0.1) is 37.0 Å². The van der Waals surface area contributed by atoms with Crippen molar-refractivity contribution in [1.82, 2.24) is 5.32 Å². The van der Waals surface area contributed by atoms with Crippen LogP contribution in [0, 0.1) is 0 Å². The number of ether oxygens (including phenoxy) is 2. The monoisotopic (exact) mass is 356 g/mol. The first kappa shape index (κ1) is 18.4. The molecule has 0 bridgehead atoms. The van der Waals surface area contributed by atoms with Crippen molar-refractivity contribution in [2.45, 2.75) is 26.3 Å². The number of amides is 1. The number of rotatable bonds is 8. The molecule has 0 aliphatic carbocycles. The van der Waals surface area contributed by atoms with Gasteiger partial charge in [0, 0.05) is 12.1 Å². The van der Waals surface area contributed by atoms with Crippen LogP contribution < -0.4 is 20.1 Å². The van der Waals surface area contributed by atoms with Crippen LogP contribution >= 0.6 is 0 Å². The molecule has 1 aliphatic rings. The minimum Gasteiger partial charge on any atom is -0.494 e. The van der Waals surface area contributed by atoms with E-state index >= 15 is 0 Å². The molecule has 2 N–H and O–H groups in total. The van der Waals surface area contributed by atoms with E-state index in [1.165, 1.54) is 0 Å². The molecular weight excluding hydrogens is 332 g/mol. The van der Waals surface area contributed by atoms with Crippen molar-refractivity contribution < 1.29 is 22.7 Å². The minimum absolute atomic E-state index is 0.0166. The maximum atomic E-state index is 12.0. The van der Waals surface area contributed by atoms with E-state index in [4.69, 9.17) is 9.47 Å². The molecule has 24 heavy (non-hydrogen) atoms. The van der Waals surface area contributed by atoms with Crippen LogP contribution in [0.5, 0.6) is 11.5 Å². The largest absolute Gasteiger partial charge is 0.494 e. The van der Waals surface area contributed by atoms with Crippen molar-refractivity contribution in [1.29, 1.82) is 0 Å². The highest BCUT2D eigenvalue weighted by atomic mass is 32.2. The number of hydrogen-bond donors (Lipinski definition) is 2. The molecule has 7 nitrogen and oxygen atoms in total. The van der Waals surface area contributed by atoms with Gasteiger partial charge in [-0.05, 0) is 32.4 Å². The normalized spacial score (nSPS) is 18.8. The van der Waals surface area contributed by atoms with Gasteiger partial charge in [-0.3, -0.25) is 4.79 Å². The van der Waals surface area contributed by atoms with Crippen LogP contribution in [-0.4, -0.2) is 51.6 Å². The molecule has 1 atom stereocenters. The van der Waals surface area contributed by atoms with E-state index in [2.05, 4.69) is 10.6 Å². The second-order valence-electron chi connectivity index (χ2n) is 5.55. The zero-order valence-corrected chi connectivity index (χ0v) is 14.8. The summed E-state index contributed by atoms with van der Waals surface area (Å²) in [5.41, 5.74) is 0.664. The third kappa shape index (κ3) is 5.30. The number of sulfone groups is 1. The summed E-state index contributed by atoms with van der Waals surface area (Å²) in [6.45, 7) is 4.87. The molecular formula is C16H24N2O5S. The number of benzene rings is 1. The highest BCUT2D eigenvalue weighted by Gasteiger charge is 2.28. The topological polar surface area (TPSA) is 93.7 Å². The van der Waals surface area contributed by atoms with Crippen LogP contribution in [-0.2, 0) is 14.6 Å². The van der Waals surface area contributed by atoms with Crippen LogP contribution in [0.4, 0.5) is 5.69 Å². The number of carbonyl (C=O) groups is 1. The van der Waals surface area contributed by atoms with E-state index in [9.17, 15) is 13.2 Å². The van der Waals surface area contributed by atoms with Crippen molar-refractivity contribution in [2.75, 3.05) is 36.6 Å². The van der Waals surface area contributed by atoms with Crippen molar-refractivity contribution in [3.63, 3.8) is 0 Å². The third-order valence-electron chi connectivity index (χ3n) is 3.60. The van der Waals surface area contributed by atoms with Crippen LogP contribution in [0.3, 0.4) is 0 Å². The van der Waals surface area contributed by atoms with Crippen molar-refractivity contribution in [3.05, 3.63) is 18.2 Å². The van der Waals surface area contributed by atoms with E-state index in [0.717, 1.165) is 0 Å². The van der Waals surface area contributed by atoms with Gasteiger partial charge in [0.15, 0.2) is 9.84 Å². The van der Waals surface area contributed by atoms with Crippen LogP contribution in [0.25, 0.3) is 0 Å². The molecule has 1 aromatic carbocycles. The summed E-state index contributed by atoms with van der Waals surface area (Å²) in [7, 11) is -3.01. The summed E-state index contributed by atoms with van der Waals surface area (Å²) in [5, 5.41) is 5.77. The predicted octanol–water partition coefficient (Wildman–Crippen LogP) is 1.20. The summed E-state index contributed by atoms with van der Waals surface area (Å²) >= 11 is 0. The van der Waals surface area contributed by atoms with E-state index in [1.807, 2.05) is 19.9 Å². The molecule has 1 saturated heterocycles. The Balaban J connectivity index is 1.94. The van der Waals surface area contributed by atoms with E-state index in [1.54, 1.807) is 12.1 Å². The van der Waals surface area contributed by atoms with Crippen LogP contribution in [0.1, 0.15) is 20.3 Å². The average Bonchev–Trinajstić information content (AvgIpc) is 2.86. The van der Waals surface area contributed by atoms with Gasteiger partial charge in [-0.15, -0.1) is 0 Å². The Hall–Kier alpha value is -1.96. The Kier molecular flexibility index (Phi) is 6.30. The Morgan fingerprint density at radius 2 is 2.00 bits per heavy atom. The van der Waals surface area contributed by atoms with Gasteiger partial charge in [0.1, 0.15) is 11.5 Å². The molecule has 0 saturated carbocycles. The predicted molar refractivity (Wildman–Crippen MR) is 92.5 cm³/mol. The fourth-order valence-corrected chi connectivity index (χ4v) is 4.22. The van der Waals surface area contributed by atoms with Gasteiger partial charge in [-0.25, -0.2) is 8.42 Å². The first-order valence-electron chi connectivity index (χ1n) is 8.06. The SMILES string of the molecule is CCOc1ccc(OCC)c(NCC(=O)N[C@H]2CCS(=O)(=O)C2)c1. The number of hydrogen-bond acceptors (Lipinski definition) is 6. The van der Waals surface area contributed by atoms with Crippen LogP contribution in [0.2, 0.25) is 0 Å². The summed E-state index contributed by atoms with van der Waals surface area (Å²) in [5.74, 6) is 1.23. The third-order valence-corrected chi connectivity index (χ3v) is 5.37. The molecule has 0 aromatic heterocycles. The lowest BCUT2D eigenvalue weighted by atomic mass is 10.2. The van der Waals surface area contributed by atoms with E-state index in [0.29, 0.717) is 36.8 Å². The fraction of sp³-hybridized carbons (Fsp3) is 0.562. The fourth-order valence-electron chi connectivity index (χ4n) is 2.55. The second-order valence-corrected chi connectivity index (χ2v) is 7.77. The van der Waals surface area contributed by atoms with Crippen molar-refractivity contribution in [3.8, 4) is 11.5 Å². The molecule has 2 rings (SSSR count). The summed E-state index contributed by atoms with van der Waals surface area (Å²) < 4.78 is 33.8. The molecule has 8 heteroatoms. The quantitative estimate of drug-likeness (QED) is 0.727. The summed E-state index contributed by atoms with van der Waals surface area (Å²) in [6.07, 6.45) is 0.470. The Morgan fingerprint density at radius 1 is 1.25 bits per heavy atom. The lowest BCUT2D eigenvalue weighted by molar-refractivity contribution is -0.119. The average molecular weight is 356 g/mol. The molecule has 1 aromatic rings. The number of nitrogens with one attached hydrogen (secondary N) is 2. The maximum absolute atomic E-state index is 12.0. The molecule has 1 fully saturated rings. The first-order chi connectivity index (χ1) is 11.4. The first-order valence-corrected chi connectivity index (χ1v) is 9.89. The standard InChI is InChI=1S/C16H24N2O5S/c1-3-22-13-5-6-15(23-4-2)14(9-13)17-10-16(19)18-12-7-8-24(20,21)11-12/h5-6,9,12,17H,3-4,7-8,10-11H2,1-2H3,(H,18,19)/t12-/m0/s1. The van der Waals surface area contributed by atoms with Crippen molar-refractivity contribution in [2.24, 2.45) is 0 Å². The van der Waals surface area contributed by atoms with E-state index < -0.39 is 9.84 Å². The summed E-state index contributed by atoms with van der Waals surface area (Å²) in [4.78, 5) is 12.0. The summed E-state index contributed by atoms with van der Waals surface area (Å²) in [6, 6.07) is 5.08. The van der Waals surface area contributed by atoms with Gasteiger partial charge in [-0.2, -0.15) is 0 Å². The number of anilines is 1. The minimum atomic E-state index is -3.01. The number of carbonyl (C=O) groups excluding carboxylic acids is 1. The highest BCUT2D eigenvalue weighted by molar-refractivity contribution is 7.91. The Labute approximate surface area is 142 Å². The maximum Gasteiger partial charge on any atom is 0.239 e. The van der Waals surface area contributed by atoms with Gasteiger partial charge >= 0.3 is 0 Å². The highest BCUT2D eigenvalue weighted by Crippen LogP contribution is 2.29. The van der Waals surface area contributed by atoms with Gasteiger partial charge < -0.3 is 20.1 Å². The lowest BCUT2D eigenvalue weighted by Gasteiger charge is -2.15. The van der Waals surface area contributed by atoms with Gasteiger partial charge in [0.25, 0.3) is 0 Å². The second kappa shape index (κ2) is 8.23. The molecule has 0 radical (unpaired) electrons. The van der Waals surface area contributed by atoms with Gasteiger partial charge in [0.2, 0.25) is 5.91 Å². The Bertz CT molecular complexity index is 675. The molecule has 1 heterocycles. The molecule has 1 aliphatic heterocycles. The van der Waals surface area contributed by atoms with Gasteiger partial charge in [-0.1, -0.05) is 0 Å². The molecule has 0 unspecified atom stereocenters. The zero-order chi connectivity index (χ0) is 17.6. The van der Waals surface area contributed by atoms with Crippen LogP contribution in [0.15, 0.2) is 18.2 Å². The zero-order valence-electron chi connectivity index (χ0n) is 14.0. The molecule has 1 amide bonds. The molecule has 0 spiro atoms. The lowest BCUT2D eigenvalue weighted by Crippen LogP contribution is -2.39. The molecule has 134 valence electrons. The smallest absolute Gasteiger partial charge is 0.239 e. The van der Waals surface area contributed by atoms with E-state index in [-0.39, 0.29) is 30.0 Å².